The molecule has 0 saturated carbocycles. The maximum Gasteiger partial charge on any atom is 0.115 e. The van der Waals surface area contributed by atoms with Crippen LogP contribution in [0.1, 0.15) is 16.7 Å². The van der Waals surface area contributed by atoms with Crippen molar-refractivity contribution >= 4 is 0 Å². The average Bonchev–Trinajstić information content (AvgIpc) is 2.51. The van der Waals surface area contributed by atoms with Crippen molar-refractivity contribution in [2.75, 3.05) is 0 Å². The fourth-order valence-corrected chi connectivity index (χ4v) is 2.80. The van der Waals surface area contributed by atoms with Gasteiger partial charge in [0.15, 0.2) is 0 Å². The molecule has 0 bridgehead atoms. The average molecular weight is 288 g/mol. The normalized spacial score (nSPS) is 10.7. The zero-order valence-electron chi connectivity index (χ0n) is 13.2. The highest BCUT2D eigenvalue weighted by Crippen LogP contribution is 2.35. The van der Waals surface area contributed by atoms with Gasteiger partial charge in [0, 0.05) is 0 Å². The minimum Gasteiger partial charge on any atom is -0.508 e. The molecule has 0 aliphatic rings. The summed E-state index contributed by atoms with van der Waals surface area (Å²) in [6.07, 6.45) is 0. The number of benzene rings is 3. The minimum absolute atomic E-state index is 0.296. The SMILES string of the molecule is Cc1ccc(C)c(-c2cc(C)ccc2-c2ccc(O)cc2)c1. The van der Waals surface area contributed by atoms with Gasteiger partial charge in [0.25, 0.3) is 0 Å². The van der Waals surface area contributed by atoms with E-state index in [-0.39, 0.29) is 0 Å². The number of aryl methyl sites for hydroxylation is 3. The Bertz CT molecular complexity index is 814. The molecule has 3 rings (SSSR count). The Morgan fingerprint density at radius 2 is 1.18 bits per heavy atom. The van der Waals surface area contributed by atoms with Gasteiger partial charge in [0.1, 0.15) is 5.75 Å². The van der Waals surface area contributed by atoms with Gasteiger partial charge in [-0.15, -0.1) is 0 Å². The molecule has 0 radical (unpaired) electrons. The minimum atomic E-state index is 0.296. The zero-order chi connectivity index (χ0) is 15.7. The van der Waals surface area contributed by atoms with E-state index in [1.54, 1.807) is 12.1 Å². The van der Waals surface area contributed by atoms with Crippen LogP contribution in [-0.4, -0.2) is 5.11 Å². The van der Waals surface area contributed by atoms with Crippen LogP contribution in [0, 0.1) is 20.8 Å². The number of hydrogen-bond acceptors (Lipinski definition) is 1. The predicted octanol–water partition coefficient (Wildman–Crippen LogP) is 5.65. The molecule has 0 saturated heterocycles. The van der Waals surface area contributed by atoms with Crippen LogP contribution < -0.4 is 0 Å². The Balaban J connectivity index is 2.24. The monoisotopic (exact) mass is 288 g/mol. The number of rotatable bonds is 2. The van der Waals surface area contributed by atoms with Crippen LogP contribution in [0.3, 0.4) is 0 Å². The van der Waals surface area contributed by atoms with E-state index in [0.29, 0.717) is 5.75 Å². The molecular weight excluding hydrogens is 268 g/mol. The first kappa shape index (κ1) is 14.4. The lowest BCUT2D eigenvalue weighted by atomic mass is 9.90. The maximum absolute atomic E-state index is 9.51. The van der Waals surface area contributed by atoms with Gasteiger partial charge in [0.2, 0.25) is 0 Å². The first-order chi connectivity index (χ1) is 10.5. The highest BCUT2D eigenvalue weighted by Gasteiger charge is 2.10. The topological polar surface area (TPSA) is 20.2 Å². The summed E-state index contributed by atoms with van der Waals surface area (Å²) in [6.45, 7) is 6.39. The molecule has 0 aliphatic heterocycles. The molecule has 1 N–H and O–H groups in total. The zero-order valence-corrected chi connectivity index (χ0v) is 13.2. The van der Waals surface area contributed by atoms with Gasteiger partial charge in [-0.05, 0) is 60.7 Å². The van der Waals surface area contributed by atoms with Crippen LogP contribution in [0.4, 0.5) is 0 Å². The lowest BCUT2D eigenvalue weighted by molar-refractivity contribution is 0.475. The molecule has 22 heavy (non-hydrogen) atoms. The third-order valence-electron chi connectivity index (χ3n) is 4.04. The quantitative estimate of drug-likeness (QED) is 0.646. The fourth-order valence-electron chi connectivity index (χ4n) is 2.80. The number of aromatic hydroxyl groups is 1. The summed E-state index contributed by atoms with van der Waals surface area (Å²) in [5.74, 6) is 0.296. The van der Waals surface area contributed by atoms with E-state index in [4.69, 9.17) is 0 Å². The molecule has 0 atom stereocenters. The Labute approximate surface area is 131 Å². The molecule has 0 heterocycles. The molecule has 1 nitrogen and oxygen atoms in total. The second-order valence-electron chi connectivity index (χ2n) is 5.91. The summed E-state index contributed by atoms with van der Waals surface area (Å²) in [5, 5.41) is 9.51. The Hall–Kier alpha value is -2.54. The smallest absolute Gasteiger partial charge is 0.115 e. The van der Waals surface area contributed by atoms with Gasteiger partial charge < -0.3 is 5.11 Å². The molecule has 0 fully saturated rings. The van der Waals surface area contributed by atoms with Crippen LogP contribution in [0.25, 0.3) is 22.3 Å². The van der Waals surface area contributed by atoms with Crippen molar-refractivity contribution in [3.05, 3.63) is 77.4 Å². The molecule has 3 aromatic rings. The second-order valence-corrected chi connectivity index (χ2v) is 5.91. The van der Waals surface area contributed by atoms with E-state index < -0.39 is 0 Å². The van der Waals surface area contributed by atoms with Crippen molar-refractivity contribution in [2.24, 2.45) is 0 Å². The molecule has 0 amide bonds. The van der Waals surface area contributed by atoms with Crippen molar-refractivity contribution in [3.63, 3.8) is 0 Å². The van der Waals surface area contributed by atoms with Gasteiger partial charge in [-0.2, -0.15) is 0 Å². The first-order valence-electron chi connectivity index (χ1n) is 7.52. The van der Waals surface area contributed by atoms with Crippen molar-refractivity contribution in [3.8, 4) is 28.0 Å². The third kappa shape index (κ3) is 2.75. The molecule has 0 aromatic heterocycles. The van der Waals surface area contributed by atoms with E-state index in [2.05, 4.69) is 57.2 Å². The van der Waals surface area contributed by atoms with E-state index in [1.807, 2.05) is 12.1 Å². The Kier molecular flexibility index (Phi) is 3.72. The Morgan fingerprint density at radius 1 is 0.591 bits per heavy atom. The van der Waals surface area contributed by atoms with Gasteiger partial charge in [-0.1, -0.05) is 59.7 Å². The van der Waals surface area contributed by atoms with Gasteiger partial charge in [-0.25, -0.2) is 0 Å². The van der Waals surface area contributed by atoms with Crippen LogP contribution in [0.5, 0.6) is 5.75 Å². The van der Waals surface area contributed by atoms with Gasteiger partial charge in [0.05, 0.1) is 0 Å². The molecule has 110 valence electrons. The lowest BCUT2D eigenvalue weighted by Gasteiger charge is -2.14. The van der Waals surface area contributed by atoms with Crippen LogP contribution in [0.15, 0.2) is 60.7 Å². The van der Waals surface area contributed by atoms with E-state index >= 15 is 0 Å². The van der Waals surface area contributed by atoms with Crippen molar-refractivity contribution in [2.45, 2.75) is 20.8 Å². The molecule has 0 unspecified atom stereocenters. The standard InChI is InChI=1S/C21H20O/c1-14-4-6-16(3)20(12-14)21-13-15(2)5-11-19(21)17-7-9-18(22)10-8-17/h4-13,22H,1-3H3. The molecule has 0 spiro atoms. The van der Waals surface area contributed by atoms with E-state index in [1.165, 1.54) is 33.4 Å². The first-order valence-corrected chi connectivity index (χ1v) is 7.52. The number of hydrogen-bond donors (Lipinski definition) is 1. The molecular formula is C21H20O. The highest BCUT2D eigenvalue weighted by molar-refractivity contribution is 5.85. The fraction of sp³-hybridized carbons (Fsp3) is 0.143. The van der Waals surface area contributed by atoms with Crippen LogP contribution >= 0.6 is 0 Å². The lowest BCUT2D eigenvalue weighted by Crippen LogP contribution is -1.90. The van der Waals surface area contributed by atoms with Crippen LogP contribution in [-0.2, 0) is 0 Å². The summed E-state index contributed by atoms with van der Waals surface area (Å²) in [5.41, 5.74) is 8.61. The Morgan fingerprint density at radius 3 is 1.86 bits per heavy atom. The summed E-state index contributed by atoms with van der Waals surface area (Å²) < 4.78 is 0. The largest absolute Gasteiger partial charge is 0.508 e. The molecule has 0 aliphatic carbocycles. The van der Waals surface area contributed by atoms with Crippen LogP contribution in [0.2, 0.25) is 0 Å². The van der Waals surface area contributed by atoms with Crippen molar-refractivity contribution in [1.29, 1.82) is 0 Å². The molecule has 3 aromatic carbocycles. The summed E-state index contributed by atoms with van der Waals surface area (Å²) >= 11 is 0. The number of phenolic OH excluding ortho intramolecular Hbond substituents is 1. The van der Waals surface area contributed by atoms with E-state index in [0.717, 1.165) is 5.56 Å². The van der Waals surface area contributed by atoms with E-state index in [9.17, 15) is 5.11 Å². The summed E-state index contributed by atoms with van der Waals surface area (Å²) in [7, 11) is 0. The maximum atomic E-state index is 9.51. The second kappa shape index (κ2) is 5.69. The summed E-state index contributed by atoms with van der Waals surface area (Å²) in [6, 6.07) is 20.5. The van der Waals surface area contributed by atoms with Gasteiger partial charge >= 0.3 is 0 Å². The summed E-state index contributed by atoms with van der Waals surface area (Å²) in [4.78, 5) is 0. The third-order valence-corrected chi connectivity index (χ3v) is 4.04. The molecule has 1 heteroatoms. The highest BCUT2D eigenvalue weighted by atomic mass is 16.3. The van der Waals surface area contributed by atoms with Gasteiger partial charge in [-0.3, -0.25) is 0 Å². The van der Waals surface area contributed by atoms with Crippen molar-refractivity contribution in [1.82, 2.24) is 0 Å². The predicted molar refractivity (Wildman–Crippen MR) is 93.2 cm³/mol. The number of phenols is 1. The van der Waals surface area contributed by atoms with Crippen molar-refractivity contribution < 1.29 is 5.11 Å².